The highest BCUT2D eigenvalue weighted by Crippen LogP contribution is 2.22. The molecular weight excluding hydrogens is 194 g/mol. The number of hydrogen-bond acceptors (Lipinski definition) is 1. The van der Waals surface area contributed by atoms with Crippen molar-refractivity contribution in [3.05, 3.63) is 33.8 Å². The van der Waals surface area contributed by atoms with E-state index < -0.39 is 0 Å². The molecule has 0 heterocycles. The lowest BCUT2D eigenvalue weighted by Crippen LogP contribution is -2.34. The Labute approximate surface area is 91.3 Å². The van der Waals surface area contributed by atoms with E-state index in [9.17, 15) is 0 Å². The van der Waals surface area contributed by atoms with E-state index in [1.807, 2.05) is 26.8 Å². The predicted molar refractivity (Wildman–Crippen MR) is 62.9 cm³/mol. The van der Waals surface area contributed by atoms with Crippen LogP contribution in [-0.4, -0.2) is 5.54 Å². The van der Waals surface area contributed by atoms with E-state index in [0.29, 0.717) is 0 Å². The number of aryl methyl sites for hydroxylation is 1. The number of halogens is 1. The molecule has 0 spiro atoms. The zero-order valence-corrected chi connectivity index (χ0v) is 10.1. The van der Waals surface area contributed by atoms with Gasteiger partial charge >= 0.3 is 0 Å². The van der Waals surface area contributed by atoms with Crippen molar-refractivity contribution in [1.82, 2.24) is 0 Å². The number of rotatable bonds is 2. The van der Waals surface area contributed by atoms with Gasteiger partial charge in [0.15, 0.2) is 0 Å². The van der Waals surface area contributed by atoms with Gasteiger partial charge in [0.2, 0.25) is 0 Å². The standard InChI is InChI=1S/C12H18ClN/c1-8-5-10(7-12(3,4)14)6-11(13)9(8)2/h5-6H,7,14H2,1-4H3. The van der Waals surface area contributed by atoms with E-state index in [1.54, 1.807) is 0 Å². The molecule has 0 saturated carbocycles. The third-order valence-corrected chi connectivity index (χ3v) is 2.72. The highest BCUT2D eigenvalue weighted by Gasteiger charge is 2.13. The van der Waals surface area contributed by atoms with Crippen molar-refractivity contribution in [3.8, 4) is 0 Å². The van der Waals surface area contributed by atoms with Gasteiger partial charge in [0.1, 0.15) is 0 Å². The first-order chi connectivity index (χ1) is 6.29. The fraction of sp³-hybridized carbons (Fsp3) is 0.500. The molecule has 2 N–H and O–H groups in total. The quantitative estimate of drug-likeness (QED) is 0.799. The monoisotopic (exact) mass is 211 g/mol. The molecule has 0 atom stereocenters. The zero-order valence-electron chi connectivity index (χ0n) is 9.32. The molecule has 0 aliphatic rings. The van der Waals surface area contributed by atoms with Crippen LogP contribution in [0.25, 0.3) is 0 Å². The summed E-state index contributed by atoms with van der Waals surface area (Å²) in [5.41, 5.74) is 9.39. The molecule has 0 bridgehead atoms. The fourth-order valence-corrected chi connectivity index (χ4v) is 1.80. The second-order valence-electron chi connectivity index (χ2n) is 4.68. The Hall–Kier alpha value is -0.530. The van der Waals surface area contributed by atoms with Crippen LogP contribution in [0, 0.1) is 13.8 Å². The summed E-state index contributed by atoms with van der Waals surface area (Å²) in [5, 5.41) is 0.837. The Bertz CT molecular complexity index is 314. The second-order valence-corrected chi connectivity index (χ2v) is 5.09. The Balaban J connectivity index is 3.02. The molecule has 14 heavy (non-hydrogen) atoms. The summed E-state index contributed by atoms with van der Waals surface area (Å²) in [6, 6.07) is 4.17. The van der Waals surface area contributed by atoms with E-state index in [4.69, 9.17) is 17.3 Å². The van der Waals surface area contributed by atoms with Gasteiger partial charge in [-0.15, -0.1) is 0 Å². The Morgan fingerprint density at radius 2 is 1.86 bits per heavy atom. The maximum Gasteiger partial charge on any atom is 0.0440 e. The Morgan fingerprint density at radius 1 is 1.29 bits per heavy atom. The highest BCUT2D eigenvalue weighted by atomic mass is 35.5. The molecule has 0 unspecified atom stereocenters. The van der Waals surface area contributed by atoms with Crippen LogP contribution in [0.5, 0.6) is 0 Å². The molecule has 1 nitrogen and oxygen atoms in total. The summed E-state index contributed by atoms with van der Waals surface area (Å²) in [6.07, 6.45) is 0.855. The molecule has 0 aliphatic heterocycles. The normalized spacial score (nSPS) is 11.9. The molecule has 0 saturated heterocycles. The van der Waals surface area contributed by atoms with Gasteiger partial charge in [0.25, 0.3) is 0 Å². The Morgan fingerprint density at radius 3 is 2.29 bits per heavy atom. The van der Waals surface area contributed by atoms with Crippen molar-refractivity contribution in [1.29, 1.82) is 0 Å². The van der Waals surface area contributed by atoms with E-state index in [1.165, 1.54) is 11.1 Å². The summed E-state index contributed by atoms with van der Waals surface area (Å²) < 4.78 is 0. The third-order valence-electron chi connectivity index (χ3n) is 2.32. The van der Waals surface area contributed by atoms with Gasteiger partial charge in [-0.05, 0) is 56.9 Å². The fourth-order valence-electron chi connectivity index (χ4n) is 1.52. The number of benzene rings is 1. The molecule has 1 rings (SSSR count). The maximum atomic E-state index is 6.11. The summed E-state index contributed by atoms with van der Waals surface area (Å²) in [4.78, 5) is 0. The topological polar surface area (TPSA) is 26.0 Å². The molecule has 1 aromatic rings. The van der Waals surface area contributed by atoms with E-state index in [0.717, 1.165) is 17.0 Å². The predicted octanol–water partition coefficient (Wildman–Crippen LogP) is 3.24. The van der Waals surface area contributed by atoms with Crippen molar-refractivity contribution in [2.24, 2.45) is 5.73 Å². The first-order valence-electron chi connectivity index (χ1n) is 4.84. The van der Waals surface area contributed by atoms with Crippen molar-refractivity contribution in [3.63, 3.8) is 0 Å². The molecule has 2 heteroatoms. The van der Waals surface area contributed by atoms with Crippen LogP contribution in [0.4, 0.5) is 0 Å². The van der Waals surface area contributed by atoms with Gasteiger partial charge in [-0.3, -0.25) is 0 Å². The van der Waals surface area contributed by atoms with Crippen LogP contribution in [0.3, 0.4) is 0 Å². The first kappa shape index (κ1) is 11.5. The molecule has 0 aromatic heterocycles. The summed E-state index contributed by atoms with van der Waals surface area (Å²) in [5.74, 6) is 0. The summed E-state index contributed by atoms with van der Waals surface area (Å²) in [7, 11) is 0. The summed E-state index contributed by atoms with van der Waals surface area (Å²) >= 11 is 6.11. The SMILES string of the molecule is Cc1cc(CC(C)(C)N)cc(Cl)c1C. The van der Waals surface area contributed by atoms with E-state index in [-0.39, 0.29) is 5.54 Å². The van der Waals surface area contributed by atoms with Crippen LogP contribution < -0.4 is 5.73 Å². The van der Waals surface area contributed by atoms with Crippen LogP contribution in [0.15, 0.2) is 12.1 Å². The van der Waals surface area contributed by atoms with Gasteiger partial charge in [0.05, 0.1) is 0 Å². The second kappa shape index (κ2) is 3.92. The van der Waals surface area contributed by atoms with Crippen molar-refractivity contribution < 1.29 is 0 Å². The van der Waals surface area contributed by atoms with Crippen LogP contribution in [-0.2, 0) is 6.42 Å². The lowest BCUT2D eigenvalue weighted by Gasteiger charge is -2.19. The van der Waals surface area contributed by atoms with Crippen LogP contribution in [0.2, 0.25) is 5.02 Å². The molecule has 1 aromatic carbocycles. The average molecular weight is 212 g/mol. The van der Waals surface area contributed by atoms with Crippen molar-refractivity contribution in [2.75, 3.05) is 0 Å². The molecule has 0 aliphatic carbocycles. The first-order valence-corrected chi connectivity index (χ1v) is 5.22. The van der Waals surface area contributed by atoms with Gasteiger partial charge in [-0.1, -0.05) is 17.7 Å². The molecule has 0 fully saturated rings. The van der Waals surface area contributed by atoms with Crippen LogP contribution >= 0.6 is 11.6 Å². The van der Waals surface area contributed by atoms with Gasteiger partial charge in [-0.2, -0.15) is 0 Å². The van der Waals surface area contributed by atoms with Gasteiger partial charge in [-0.25, -0.2) is 0 Å². The summed E-state index contributed by atoms with van der Waals surface area (Å²) in [6.45, 7) is 8.16. The maximum absolute atomic E-state index is 6.11. The Kier molecular flexibility index (Phi) is 3.23. The highest BCUT2D eigenvalue weighted by molar-refractivity contribution is 6.31. The minimum Gasteiger partial charge on any atom is -0.325 e. The molecule has 0 amide bonds. The minimum absolute atomic E-state index is 0.176. The molecule has 0 radical (unpaired) electrons. The smallest absolute Gasteiger partial charge is 0.0440 e. The van der Waals surface area contributed by atoms with Gasteiger partial charge in [0, 0.05) is 10.6 Å². The average Bonchev–Trinajstić information content (AvgIpc) is 1.96. The molecule has 78 valence electrons. The van der Waals surface area contributed by atoms with E-state index >= 15 is 0 Å². The largest absolute Gasteiger partial charge is 0.325 e. The lowest BCUT2D eigenvalue weighted by molar-refractivity contribution is 0.516. The van der Waals surface area contributed by atoms with E-state index in [2.05, 4.69) is 13.0 Å². The van der Waals surface area contributed by atoms with Crippen LogP contribution in [0.1, 0.15) is 30.5 Å². The lowest BCUT2D eigenvalue weighted by atomic mass is 9.94. The third kappa shape index (κ3) is 3.00. The molecular formula is C12H18ClN. The number of hydrogen-bond donors (Lipinski definition) is 1. The zero-order chi connectivity index (χ0) is 10.9. The number of nitrogens with two attached hydrogens (primary N) is 1. The van der Waals surface area contributed by atoms with Gasteiger partial charge < -0.3 is 5.73 Å². The van der Waals surface area contributed by atoms with Crippen molar-refractivity contribution in [2.45, 2.75) is 39.7 Å². The minimum atomic E-state index is -0.176. The van der Waals surface area contributed by atoms with Crippen molar-refractivity contribution >= 4 is 11.6 Å².